The van der Waals surface area contributed by atoms with Gasteiger partial charge in [0.2, 0.25) is 0 Å². The van der Waals surface area contributed by atoms with Gasteiger partial charge in [-0.3, -0.25) is 0 Å². The lowest BCUT2D eigenvalue weighted by Crippen LogP contribution is -2.05. The minimum absolute atomic E-state index is 0.457. The third-order valence-corrected chi connectivity index (χ3v) is 5.01. The molecule has 0 N–H and O–H groups in total. The molecule has 0 heterocycles. The van der Waals surface area contributed by atoms with Crippen LogP contribution in [0.15, 0.2) is 46.9 Å². The topological polar surface area (TPSA) is 9.23 Å². The number of aryl methyl sites for hydroxylation is 1. The molecule has 0 aliphatic heterocycles. The molecular weight excluding hydrogens is 380 g/mol. The van der Waals surface area contributed by atoms with Crippen molar-refractivity contribution in [2.24, 2.45) is 0 Å². The molecule has 2 rings (SSSR count). The summed E-state index contributed by atoms with van der Waals surface area (Å²) in [6, 6.07) is 14.9. The molecule has 3 heteroatoms. The van der Waals surface area contributed by atoms with Crippen LogP contribution < -0.4 is 4.74 Å². The van der Waals surface area contributed by atoms with Crippen LogP contribution in [-0.2, 0) is 6.42 Å². The van der Waals surface area contributed by atoms with Crippen LogP contribution in [-0.4, -0.2) is 12.4 Å². The lowest BCUT2D eigenvalue weighted by Gasteiger charge is -2.16. The molecule has 0 aliphatic rings. The summed E-state index contributed by atoms with van der Waals surface area (Å²) in [4.78, 5) is 0. The molecule has 20 heavy (non-hydrogen) atoms. The predicted octanol–water partition coefficient (Wildman–Crippen LogP) is 5.49. The Morgan fingerprint density at radius 2 is 1.80 bits per heavy atom. The Bertz CT molecular complexity index is 564. The molecule has 0 saturated heterocycles. The first-order valence-corrected chi connectivity index (χ1v) is 8.50. The lowest BCUT2D eigenvalue weighted by molar-refractivity contribution is 0.414. The monoisotopic (exact) mass is 396 g/mol. The Labute approximate surface area is 137 Å². The molecule has 1 nitrogen and oxygen atoms in total. The van der Waals surface area contributed by atoms with Gasteiger partial charge in [-0.2, -0.15) is 0 Å². The van der Waals surface area contributed by atoms with Gasteiger partial charge in [-0.25, -0.2) is 0 Å². The van der Waals surface area contributed by atoms with Crippen molar-refractivity contribution in [3.8, 4) is 5.75 Å². The molecule has 1 atom stereocenters. The quantitative estimate of drug-likeness (QED) is 0.606. The zero-order valence-corrected chi connectivity index (χ0v) is 14.9. The van der Waals surface area contributed by atoms with Gasteiger partial charge in [0.1, 0.15) is 5.75 Å². The van der Waals surface area contributed by atoms with E-state index in [0.717, 1.165) is 22.0 Å². The zero-order chi connectivity index (χ0) is 14.5. The summed E-state index contributed by atoms with van der Waals surface area (Å²) in [6.07, 6.45) is 0.978. The predicted molar refractivity (Wildman–Crippen MR) is 92.1 cm³/mol. The number of rotatable bonds is 5. The highest BCUT2D eigenvalue weighted by Gasteiger charge is 2.13. The van der Waals surface area contributed by atoms with Gasteiger partial charge < -0.3 is 4.74 Å². The van der Waals surface area contributed by atoms with E-state index in [2.05, 4.69) is 75.2 Å². The highest BCUT2D eigenvalue weighted by molar-refractivity contribution is 9.10. The van der Waals surface area contributed by atoms with Gasteiger partial charge in [0, 0.05) is 9.80 Å². The summed E-state index contributed by atoms with van der Waals surface area (Å²) < 4.78 is 6.45. The Kier molecular flexibility index (Phi) is 5.67. The fraction of sp³-hybridized carbons (Fsp3) is 0.294. The highest BCUT2D eigenvalue weighted by Crippen LogP contribution is 2.29. The molecule has 1 unspecified atom stereocenters. The van der Waals surface area contributed by atoms with E-state index in [-0.39, 0.29) is 0 Å². The lowest BCUT2D eigenvalue weighted by atomic mass is 9.93. The van der Waals surface area contributed by atoms with Crippen molar-refractivity contribution in [1.82, 2.24) is 0 Å². The summed E-state index contributed by atoms with van der Waals surface area (Å²) >= 11 is 7.27. The molecule has 0 fully saturated rings. The molecule has 0 bridgehead atoms. The Hall–Kier alpha value is -0.800. The van der Waals surface area contributed by atoms with Gasteiger partial charge in [-0.15, -0.1) is 0 Å². The van der Waals surface area contributed by atoms with Crippen LogP contribution in [0.4, 0.5) is 0 Å². The normalized spacial score (nSPS) is 12.2. The third kappa shape index (κ3) is 3.86. The number of halogens is 2. The second-order valence-corrected chi connectivity index (χ2v) is 6.43. The summed E-state index contributed by atoms with van der Waals surface area (Å²) in [6.45, 7) is 2.12. The van der Waals surface area contributed by atoms with Crippen LogP contribution in [0.1, 0.15) is 22.6 Å². The van der Waals surface area contributed by atoms with E-state index in [1.807, 2.05) is 6.07 Å². The Balaban J connectivity index is 2.23. The second kappa shape index (κ2) is 7.28. The van der Waals surface area contributed by atoms with Crippen LogP contribution in [0, 0.1) is 6.92 Å². The van der Waals surface area contributed by atoms with Crippen molar-refractivity contribution in [2.45, 2.75) is 19.3 Å². The third-order valence-electron chi connectivity index (χ3n) is 3.45. The first-order valence-electron chi connectivity index (χ1n) is 6.59. The van der Waals surface area contributed by atoms with E-state index in [1.54, 1.807) is 7.11 Å². The summed E-state index contributed by atoms with van der Waals surface area (Å²) in [5.41, 5.74) is 3.93. The standard InChI is InChI=1S/C17H18Br2O/c1-12-3-5-13(6-4-12)15(11-18)9-14-10-16(20-2)7-8-17(14)19/h3-8,10,15H,9,11H2,1-2H3. The number of hydrogen-bond acceptors (Lipinski definition) is 1. The van der Waals surface area contributed by atoms with Crippen LogP contribution in [0.25, 0.3) is 0 Å². The average Bonchev–Trinajstić information content (AvgIpc) is 2.47. The van der Waals surface area contributed by atoms with Crippen LogP contribution in [0.2, 0.25) is 0 Å². The molecular formula is C17H18Br2O. The SMILES string of the molecule is COc1ccc(Br)c(CC(CBr)c2ccc(C)cc2)c1. The largest absolute Gasteiger partial charge is 0.497 e. The first-order chi connectivity index (χ1) is 9.63. The fourth-order valence-electron chi connectivity index (χ4n) is 2.20. The van der Waals surface area contributed by atoms with E-state index in [1.165, 1.54) is 16.7 Å². The number of methoxy groups -OCH3 is 1. The first kappa shape index (κ1) is 15.6. The van der Waals surface area contributed by atoms with E-state index < -0.39 is 0 Å². The maximum absolute atomic E-state index is 5.31. The average molecular weight is 398 g/mol. The number of hydrogen-bond donors (Lipinski definition) is 0. The molecule has 0 saturated carbocycles. The van der Waals surface area contributed by atoms with Crippen molar-refractivity contribution >= 4 is 31.9 Å². The molecule has 0 aliphatic carbocycles. The molecule has 0 radical (unpaired) electrons. The summed E-state index contributed by atoms with van der Waals surface area (Å²) in [5.74, 6) is 1.36. The summed E-state index contributed by atoms with van der Waals surface area (Å²) in [7, 11) is 1.70. The number of alkyl halides is 1. The van der Waals surface area contributed by atoms with Gasteiger partial charge in [-0.1, -0.05) is 61.7 Å². The van der Waals surface area contributed by atoms with Crippen molar-refractivity contribution < 1.29 is 4.74 Å². The van der Waals surface area contributed by atoms with E-state index in [4.69, 9.17) is 4.74 Å². The smallest absolute Gasteiger partial charge is 0.119 e. The maximum atomic E-state index is 5.31. The zero-order valence-electron chi connectivity index (χ0n) is 11.7. The fourth-order valence-corrected chi connectivity index (χ4v) is 3.21. The second-order valence-electron chi connectivity index (χ2n) is 4.92. The van der Waals surface area contributed by atoms with Crippen molar-refractivity contribution in [2.75, 3.05) is 12.4 Å². The molecule has 2 aromatic rings. The van der Waals surface area contributed by atoms with Crippen molar-refractivity contribution in [3.05, 3.63) is 63.6 Å². The van der Waals surface area contributed by atoms with Crippen molar-refractivity contribution in [3.63, 3.8) is 0 Å². The van der Waals surface area contributed by atoms with Gasteiger partial charge in [0.15, 0.2) is 0 Å². The van der Waals surface area contributed by atoms with Gasteiger partial charge >= 0.3 is 0 Å². The maximum Gasteiger partial charge on any atom is 0.119 e. The minimum Gasteiger partial charge on any atom is -0.497 e. The molecule has 0 amide bonds. The van der Waals surface area contributed by atoms with Gasteiger partial charge in [0.05, 0.1) is 7.11 Å². The van der Waals surface area contributed by atoms with E-state index in [0.29, 0.717) is 5.92 Å². The number of benzene rings is 2. The van der Waals surface area contributed by atoms with Crippen LogP contribution in [0.5, 0.6) is 5.75 Å². The molecule has 106 valence electrons. The molecule has 0 spiro atoms. The van der Waals surface area contributed by atoms with Gasteiger partial charge in [-0.05, 0) is 48.6 Å². The Morgan fingerprint density at radius 1 is 1.10 bits per heavy atom. The van der Waals surface area contributed by atoms with Crippen LogP contribution in [0.3, 0.4) is 0 Å². The number of ether oxygens (including phenoxy) is 1. The summed E-state index contributed by atoms with van der Waals surface area (Å²) in [5, 5.41) is 0.944. The van der Waals surface area contributed by atoms with E-state index in [9.17, 15) is 0 Å². The van der Waals surface area contributed by atoms with Crippen LogP contribution >= 0.6 is 31.9 Å². The van der Waals surface area contributed by atoms with Gasteiger partial charge in [0.25, 0.3) is 0 Å². The Morgan fingerprint density at radius 3 is 2.40 bits per heavy atom. The molecule has 2 aromatic carbocycles. The van der Waals surface area contributed by atoms with E-state index >= 15 is 0 Å². The van der Waals surface area contributed by atoms with Crippen molar-refractivity contribution in [1.29, 1.82) is 0 Å². The minimum atomic E-state index is 0.457. The molecule has 0 aromatic heterocycles. The highest BCUT2D eigenvalue weighted by atomic mass is 79.9.